The summed E-state index contributed by atoms with van der Waals surface area (Å²) in [4.78, 5) is 34.0. The van der Waals surface area contributed by atoms with Crippen molar-refractivity contribution in [1.29, 1.82) is 0 Å². The zero-order valence-electron chi connectivity index (χ0n) is 21.1. The molecule has 9 nitrogen and oxygen atoms in total. The maximum Gasteiger partial charge on any atom is 0.322 e. The van der Waals surface area contributed by atoms with Gasteiger partial charge in [-0.3, -0.25) is 9.59 Å². The summed E-state index contributed by atoms with van der Waals surface area (Å²) in [5.41, 5.74) is 5.67. The van der Waals surface area contributed by atoms with Crippen molar-refractivity contribution in [2.75, 3.05) is 24.5 Å². The molecule has 0 unspecified atom stereocenters. The molecule has 0 saturated carbocycles. The highest BCUT2D eigenvalue weighted by atomic mass is 16.4. The fraction of sp³-hybridized carbons (Fsp3) is 0.357. The average Bonchev–Trinajstić information content (AvgIpc) is 2.89. The highest BCUT2D eigenvalue weighted by Gasteiger charge is 2.24. The lowest BCUT2D eigenvalue weighted by Gasteiger charge is -2.34. The molecule has 3 aromatic rings. The van der Waals surface area contributed by atoms with E-state index in [0.29, 0.717) is 23.9 Å². The van der Waals surface area contributed by atoms with Crippen LogP contribution in [0.3, 0.4) is 0 Å². The number of aromatic nitrogens is 2. The van der Waals surface area contributed by atoms with Crippen molar-refractivity contribution < 1.29 is 24.9 Å². The molecule has 4 rings (SSSR count). The minimum atomic E-state index is -1.17. The Hall–Kier alpha value is -3.98. The first-order valence-corrected chi connectivity index (χ1v) is 12.4. The predicted octanol–water partition coefficient (Wildman–Crippen LogP) is 3.23. The summed E-state index contributed by atoms with van der Waals surface area (Å²) >= 11 is 0. The Morgan fingerprint density at radius 1 is 1.05 bits per heavy atom. The number of nitrogens with zero attached hydrogens (tertiary/aromatic N) is 3. The summed E-state index contributed by atoms with van der Waals surface area (Å²) in [6, 6.07) is 14.5. The summed E-state index contributed by atoms with van der Waals surface area (Å²) in [5.74, 6) is -1.43. The first kappa shape index (κ1) is 26.1. The van der Waals surface area contributed by atoms with Crippen LogP contribution in [-0.4, -0.2) is 56.8 Å². The summed E-state index contributed by atoms with van der Waals surface area (Å²) in [6.07, 6.45) is 2.45. The van der Waals surface area contributed by atoms with Gasteiger partial charge in [0.05, 0.1) is 12.3 Å². The molecule has 0 radical (unpaired) electrons. The number of aromatic hydroxyl groups is 1. The summed E-state index contributed by atoms with van der Waals surface area (Å²) < 4.78 is 0. The van der Waals surface area contributed by atoms with Crippen LogP contribution in [0.1, 0.15) is 46.0 Å². The number of aryl methyl sites for hydroxylation is 2. The van der Waals surface area contributed by atoms with Crippen LogP contribution < -0.4 is 10.2 Å². The molecule has 2 aromatic carbocycles. The van der Waals surface area contributed by atoms with Gasteiger partial charge in [-0.1, -0.05) is 30.3 Å². The number of carboxylic acid groups (broad SMARTS) is 1. The summed E-state index contributed by atoms with van der Waals surface area (Å²) in [7, 11) is 0. The Morgan fingerprint density at radius 2 is 1.76 bits per heavy atom. The van der Waals surface area contributed by atoms with Gasteiger partial charge < -0.3 is 25.5 Å². The van der Waals surface area contributed by atoms with Crippen LogP contribution in [0, 0.1) is 19.8 Å². The number of hydrogen-bond donors (Lipinski definition) is 4. The zero-order valence-corrected chi connectivity index (χ0v) is 21.1. The summed E-state index contributed by atoms with van der Waals surface area (Å²) in [6.45, 7) is 4.97. The number of hydrogen-bond acceptors (Lipinski definition) is 7. The number of carbonyl (C=O) groups excluding carboxylic acids is 1. The maximum atomic E-state index is 12.3. The van der Waals surface area contributed by atoms with Crippen LogP contribution >= 0.6 is 0 Å². The maximum absolute atomic E-state index is 12.3. The number of amides is 1. The number of piperidine rings is 1. The third-order valence-corrected chi connectivity index (χ3v) is 6.83. The van der Waals surface area contributed by atoms with E-state index in [0.717, 1.165) is 37.1 Å². The Bertz CT molecular complexity index is 1280. The van der Waals surface area contributed by atoms with Crippen LogP contribution in [0.25, 0.3) is 11.1 Å². The molecule has 1 fully saturated rings. The van der Waals surface area contributed by atoms with E-state index in [2.05, 4.69) is 45.3 Å². The number of aliphatic carboxylic acids is 1. The van der Waals surface area contributed by atoms with Gasteiger partial charge in [-0.25, -0.2) is 9.97 Å². The molecular weight excluding hydrogens is 472 g/mol. The Labute approximate surface area is 215 Å². The molecule has 0 atom stereocenters. The topological polar surface area (TPSA) is 136 Å². The minimum absolute atomic E-state index is 0.0376. The van der Waals surface area contributed by atoms with Crippen LogP contribution in [0.5, 0.6) is 5.75 Å². The monoisotopic (exact) mass is 504 g/mol. The van der Waals surface area contributed by atoms with Crippen molar-refractivity contribution in [1.82, 2.24) is 15.3 Å². The van der Waals surface area contributed by atoms with Gasteiger partial charge in [-0.2, -0.15) is 0 Å². The molecule has 194 valence electrons. The Kier molecular flexibility index (Phi) is 8.03. The van der Waals surface area contributed by atoms with Crippen LogP contribution in [0.4, 0.5) is 5.69 Å². The van der Waals surface area contributed by atoms with E-state index in [4.69, 9.17) is 5.11 Å². The molecule has 0 spiro atoms. The largest absolute Gasteiger partial charge is 0.504 e. The average molecular weight is 505 g/mol. The van der Waals surface area contributed by atoms with Gasteiger partial charge in [-0.05, 0) is 67.0 Å². The fourth-order valence-electron chi connectivity index (χ4n) is 4.73. The molecule has 0 bridgehead atoms. The van der Waals surface area contributed by atoms with Crippen molar-refractivity contribution in [2.45, 2.75) is 39.7 Å². The highest BCUT2D eigenvalue weighted by Crippen LogP contribution is 2.31. The zero-order chi connectivity index (χ0) is 26.5. The van der Waals surface area contributed by atoms with Crippen LogP contribution in [-0.2, 0) is 17.8 Å². The minimum Gasteiger partial charge on any atom is -0.504 e. The summed E-state index contributed by atoms with van der Waals surface area (Å²) in [5, 5.41) is 30.5. The molecule has 1 saturated heterocycles. The smallest absolute Gasteiger partial charge is 0.322 e. The number of benzene rings is 2. The first-order chi connectivity index (χ1) is 17.7. The number of carbonyl (C=O) groups is 2. The number of anilines is 1. The molecule has 9 heteroatoms. The third kappa shape index (κ3) is 6.24. The second-order valence-corrected chi connectivity index (χ2v) is 9.49. The van der Waals surface area contributed by atoms with Crippen LogP contribution in [0.15, 0.2) is 42.5 Å². The Morgan fingerprint density at radius 3 is 2.38 bits per heavy atom. The first-order valence-electron chi connectivity index (χ1n) is 12.4. The van der Waals surface area contributed by atoms with Gasteiger partial charge >= 0.3 is 5.97 Å². The van der Waals surface area contributed by atoms with Crippen molar-refractivity contribution in [2.24, 2.45) is 5.92 Å². The van der Waals surface area contributed by atoms with E-state index in [1.165, 1.54) is 16.8 Å². The van der Waals surface area contributed by atoms with E-state index < -0.39 is 18.4 Å². The van der Waals surface area contributed by atoms with Gasteiger partial charge in [-0.15, -0.1) is 0 Å². The molecular formula is C28H32N4O5. The number of rotatable bonds is 8. The lowest BCUT2D eigenvalue weighted by atomic mass is 9.92. The van der Waals surface area contributed by atoms with E-state index in [1.54, 1.807) is 6.92 Å². The molecule has 1 aliphatic heterocycles. The number of aliphatic hydroxyl groups is 1. The SMILES string of the molecule is Cc1cc(N2CCC(Cc3nc(C)c(O)c(C(=O)NCC(=O)O)n3)CC2)ccc1-c1ccc(CO)cc1. The van der Waals surface area contributed by atoms with Gasteiger partial charge in [0.1, 0.15) is 12.4 Å². The lowest BCUT2D eigenvalue weighted by Crippen LogP contribution is -2.34. The Balaban J connectivity index is 1.39. The quantitative estimate of drug-likeness (QED) is 0.367. The molecule has 0 aliphatic carbocycles. The molecule has 37 heavy (non-hydrogen) atoms. The fourth-order valence-corrected chi connectivity index (χ4v) is 4.73. The van der Waals surface area contributed by atoms with E-state index in [-0.39, 0.29) is 18.1 Å². The van der Waals surface area contributed by atoms with Crippen LogP contribution in [0.2, 0.25) is 0 Å². The second-order valence-electron chi connectivity index (χ2n) is 9.49. The normalized spacial score (nSPS) is 14.0. The van der Waals surface area contributed by atoms with Crippen molar-refractivity contribution >= 4 is 17.6 Å². The highest BCUT2D eigenvalue weighted by molar-refractivity contribution is 5.96. The van der Waals surface area contributed by atoms with Gasteiger partial charge in [0.25, 0.3) is 5.91 Å². The van der Waals surface area contributed by atoms with Gasteiger partial charge in [0, 0.05) is 25.2 Å². The van der Waals surface area contributed by atoms with E-state index in [9.17, 15) is 19.8 Å². The van der Waals surface area contributed by atoms with Crippen molar-refractivity contribution in [3.8, 4) is 16.9 Å². The predicted molar refractivity (Wildman–Crippen MR) is 140 cm³/mol. The molecule has 2 heterocycles. The van der Waals surface area contributed by atoms with Crippen molar-refractivity contribution in [3.63, 3.8) is 0 Å². The number of nitrogens with one attached hydrogen (secondary N) is 1. The third-order valence-electron chi connectivity index (χ3n) is 6.83. The molecule has 1 amide bonds. The standard InChI is InChI=1S/C28H32N4O5/c1-17-13-22(7-8-23(17)21-5-3-20(16-33)4-6-21)32-11-9-19(10-12-32)14-24-30-18(2)27(36)26(31-24)28(37)29-15-25(34)35/h3-8,13,19,33,36H,9-12,14-16H2,1-2H3,(H,29,37)(H,34,35). The number of aliphatic hydroxyl groups excluding tert-OH is 1. The van der Waals surface area contributed by atoms with E-state index >= 15 is 0 Å². The number of carboxylic acids is 1. The van der Waals surface area contributed by atoms with Crippen molar-refractivity contribution in [3.05, 3.63) is 70.8 Å². The van der Waals surface area contributed by atoms with Gasteiger partial charge in [0.15, 0.2) is 11.4 Å². The molecule has 1 aromatic heterocycles. The molecule has 4 N–H and O–H groups in total. The van der Waals surface area contributed by atoms with Gasteiger partial charge in [0.2, 0.25) is 0 Å². The second kappa shape index (κ2) is 11.4. The lowest BCUT2D eigenvalue weighted by molar-refractivity contribution is -0.135. The molecule has 1 aliphatic rings. The van der Waals surface area contributed by atoms with E-state index in [1.807, 2.05) is 24.3 Å².